The summed E-state index contributed by atoms with van der Waals surface area (Å²) in [5.41, 5.74) is 0.457. The van der Waals surface area contributed by atoms with E-state index in [0.717, 1.165) is 0 Å². The van der Waals surface area contributed by atoms with E-state index < -0.39 is 24.1 Å². The lowest BCUT2D eigenvalue weighted by Crippen LogP contribution is -2.51. The number of carbonyl (C=O) groups excluding carboxylic acids is 1. The summed E-state index contributed by atoms with van der Waals surface area (Å²) in [6.45, 7) is 1.41. The number of urea groups is 1. The van der Waals surface area contributed by atoms with Crippen LogP contribution >= 0.6 is 0 Å². The third-order valence-electron chi connectivity index (χ3n) is 2.67. The van der Waals surface area contributed by atoms with Gasteiger partial charge in [-0.2, -0.15) is 0 Å². The molecule has 0 heterocycles. The summed E-state index contributed by atoms with van der Waals surface area (Å²) in [6.07, 6.45) is -0.934. The van der Waals surface area contributed by atoms with E-state index in [2.05, 4.69) is 10.6 Å². The molecule has 1 aromatic rings. The van der Waals surface area contributed by atoms with Crippen LogP contribution in [0.5, 0.6) is 0 Å². The number of carbonyl (C=O) groups is 2. The van der Waals surface area contributed by atoms with Crippen LogP contribution in [-0.2, 0) is 11.2 Å². The van der Waals surface area contributed by atoms with E-state index in [1.807, 2.05) is 0 Å². The molecule has 0 aliphatic carbocycles. The molecule has 6 nitrogen and oxygen atoms in total. The molecule has 20 heavy (non-hydrogen) atoms. The van der Waals surface area contributed by atoms with Crippen LogP contribution in [0.25, 0.3) is 0 Å². The van der Waals surface area contributed by atoms with Crippen LogP contribution in [0.1, 0.15) is 12.5 Å². The molecule has 2 unspecified atom stereocenters. The zero-order chi connectivity index (χ0) is 15.1. The van der Waals surface area contributed by atoms with E-state index in [4.69, 9.17) is 5.11 Å². The first-order valence-corrected chi connectivity index (χ1v) is 6.10. The van der Waals surface area contributed by atoms with Crippen molar-refractivity contribution in [1.29, 1.82) is 0 Å². The van der Waals surface area contributed by atoms with Gasteiger partial charge in [0.15, 0.2) is 6.04 Å². The van der Waals surface area contributed by atoms with Crippen LogP contribution in [-0.4, -0.2) is 40.9 Å². The third-order valence-corrected chi connectivity index (χ3v) is 2.67. The molecule has 0 radical (unpaired) electrons. The maximum atomic E-state index is 13.3. The quantitative estimate of drug-likeness (QED) is 0.611. The van der Waals surface area contributed by atoms with E-state index in [1.54, 1.807) is 18.2 Å². The van der Waals surface area contributed by atoms with Crippen LogP contribution in [0.15, 0.2) is 24.3 Å². The van der Waals surface area contributed by atoms with Gasteiger partial charge in [-0.05, 0) is 25.0 Å². The second kappa shape index (κ2) is 7.44. The summed E-state index contributed by atoms with van der Waals surface area (Å²) in [5.74, 6) is -1.69. The SMILES string of the molecule is CC(O)C(NC(=O)NCCc1ccccc1F)C(=O)O. The summed E-state index contributed by atoms with van der Waals surface area (Å²) < 4.78 is 13.3. The monoisotopic (exact) mass is 284 g/mol. The molecule has 0 aromatic heterocycles. The Bertz CT molecular complexity index is 479. The van der Waals surface area contributed by atoms with Gasteiger partial charge in [0.1, 0.15) is 5.82 Å². The summed E-state index contributed by atoms with van der Waals surface area (Å²) in [6, 6.07) is 4.07. The molecule has 1 aromatic carbocycles. The lowest BCUT2D eigenvalue weighted by Gasteiger charge is -2.17. The largest absolute Gasteiger partial charge is 0.480 e. The molecule has 110 valence electrons. The highest BCUT2D eigenvalue weighted by molar-refractivity contribution is 5.82. The number of benzene rings is 1. The Labute approximate surface area is 115 Å². The topological polar surface area (TPSA) is 98.7 Å². The predicted molar refractivity (Wildman–Crippen MR) is 69.7 cm³/mol. The summed E-state index contributed by atoms with van der Waals surface area (Å²) in [4.78, 5) is 22.2. The van der Waals surface area contributed by atoms with Crippen molar-refractivity contribution in [3.05, 3.63) is 35.6 Å². The molecule has 1 rings (SSSR count). The van der Waals surface area contributed by atoms with E-state index in [9.17, 15) is 19.1 Å². The number of hydrogen-bond donors (Lipinski definition) is 4. The van der Waals surface area contributed by atoms with Gasteiger partial charge in [0.05, 0.1) is 6.10 Å². The molecule has 0 aliphatic rings. The fraction of sp³-hybridized carbons (Fsp3) is 0.385. The van der Waals surface area contributed by atoms with E-state index in [0.29, 0.717) is 5.56 Å². The van der Waals surface area contributed by atoms with Crippen molar-refractivity contribution in [3.63, 3.8) is 0 Å². The molecule has 0 saturated carbocycles. The second-order valence-electron chi connectivity index (χ2n) is 4.30. The standard InChI is InChI=1S/C13H17FN2O4/c1-8(17)11(12(18)19)16-13(20)15-7-6-9-4-2-3-5-10(9)14/h2-5,8,11,17H,6-7H2,1H3,(H,18,19)(H2,15,16,20). The number of aliphatic hydroxyl groups excluding tert-OH is 1. The normalized spacial score (nSPS) is 13.3. The number of carboxylic acids is 1. The molecule has 0 saturated heterocycles. The molecule has 0 aliphatic heterocycles. The van der Waals surface area contributed by atoms with Gasteiger partial charge < -0.3 is 20.8 Å². The highest BCUT2D eigenvalue weighted by Gasteiger charge is 2.24. The average Bonchev–Trinajstić information content (AvgIpc) is 2.37. The average molecular weight is 284 g/mol. The highest BCUT2D eigenvalue weighted by atomic mass is 19.1. The smallest absolute Gasteiger partial charge is 0.328 e. The minimum absolute atomic E-state index is 0.152. The summed E-state index contributed by atoms with van der Waals surface area (Å²) in [7, 11) is 0. The number of aliphatic carboxylic acids is 1. The van der Waals surface area contributed by atoms with Gasteiger partial charge in [0, 0.05) is 6.54 Å². The molecule has 4 N–H and O–H groups in total. The lowest BCUT2D eigenvalue weighted by atomic mass is 10.1. The minimum Gasteiger partial charge on any atom is -0.480 e. The maximum absolute atomic E-state index is 13.3. The number of hydrogen-bond acceptors (Lipinski definition) is 3. The number of amides is 2. The Hall–Kier alpha value is -2.15. The van der Waals surface area contributed by atoms with E-state index in [-0.39, 0.29) is 18.8 Å². The minimum atomic E-state index is -1.39. The van der Waals surface area contributed by atoms with Crippen LogP contribution in [0, 0.1) is 5.82 Å². The van der Waals surface area contributed by atoms with Crippen molar-refractivity contribution in [2.45, 2.75) is 25.5 Å². The first kappa shape index (κ1) is 15.9. The van der Waals surface area contributed by atoms with Crippen LogP contribution in [0.2, 0.25) is 0 Å². The molecule has 2 amide bonds. The van der Waals surface area contributed by atoms with Crippen LogP contribution in [0.4, 0.5) is 9.18 Å². The summed E-state index contributed by atoms with van der Waals surface area (Å²) in [5, 5.41) is 22.5. The molecular formula is C13H17FN2O4. The molecule has 0 fully saturated rings. The van der Waals surface area contributed by atoms with Gasteiger partial charge in [-0.1, -0.05) is 18.2 Å². The van der Waals surface area contributed by atoms with Crippen molar-refractivity contribution >= 4 is 12.0 Å². The summed E-state index contributed by atoms with van der Waals surface area (Å²) >= 11 is 0. The van der Waals surface area contributed by atoms with E-state index >= 15 is 0 Å². The molecular weight excluding hydrogens is 267 g/mol. The zero-order valence-corrected chi connectivity index (χ0v) is 11.0. The van der Waals surface area contributed by atoms with E-state index in [1.165, 1.54) is 13.0 Å². The number of halogens is 1. The van der Waals surface area contributed by atoms with Crippen LogP contribution in [0.3, 0.4) is 0 Å². The van der Waals surface area contributed by atoms with Crippen LogP contribution < -0.4 is 10.6 Å². The Kier molecular flexibility index (Phi) is 5.92. The highest BCUT2D eigenvalue weighted by Crippen LogP contribution is 2.06. The number of rotatable bonds is 6. The number of carboxylic acid groups (broad SMARTS) is 1. The molecule has 7 heteroatoms. The van der Waals surface area contributed by atoms with Gasteiger partial charge in [0.25, 0.3) is 0 Å². The Morgan fingerprint density at radius 1 is 1.35 bits per heavy atom. The Balaban J connectivity index is 2.40. The molecule has 2 atom stereocenters. The molecule has 0 bridgehead atoms. The first-order valence-electron chi connectivity index (χ1n) is 6.10. The van der Waals surface area contributed by atoms with Gasteiger partial charge >= 0.3 is 12.0 Å². The van der Waals surface area contributed by atoms with Crippen molar-refractivity contribution in [1.82, 2.24) is 10.6 Å². The Morgan fingerprint density at radius 2 is 2.00 bits per heavy atom. The van der Waals surface area contributed by atoms with Gasteiger partial charge in [-0.3, -0.25) is 0 Å². The predicted octanol–water partition coefficient (Wildman–Crippen LogP) is 0.501. The number of aliphatic hydroxyl groups is 1. The van der Waals surface area contributed by atoms with Gasteiger partial charge in [-0.25, -0.2) is 14.0 Å². The second-order valence-corrected chi connectivity index (χ2v) is 4.30. The first-order chi connectivity index (χ1) is 9.41. The van der Waals surface area contributed by atoms with Gasteiger partial charge in [0.2, 0.25) is 0 Å². The van der Waals surface area contributed by atoms with Crippen molar-refractivity contribution in [3.8, 4) is 0 Å². The third kappa shape index (κ3) is 4.85. The number of nitrogens with one attached hydrogen (secondary N) is 2. The zero-order valence-electron chi connectivity index (χ0n) is 11.0. The molecule has 0 spiro atoms. The fourth-order valence-electron chi connectivity index (χ4n) is 1.59. The van der Waals surface area contributed by atoms with Crippen molar-refractivity contribution < 1.29 is 24.2 Å². The van der Waals surface area contributed by atoms with Crippen molar-refractivity contribution in [2.75, 3.05) is 6.54 Å². The maximum Gasteiger partial charge on any atom is 0.328 e. The Morgan fingerprint density at radius 3 is 2.55 bits per heavy atom. The lowest BCUT2D eigenvalue weighted by molar-refractivity contribution is -0.141. The van der Waals surface area contributed by atoms with Crippen molar-refractivity contribution in [2.24, 2.45) is 0 Å². The fourth-order valence-corrected chi connectivity index (χ4v) is 1.59. The van der Waals surface area contributed by atoms with Gasteiger partial charge in [-0.15, -0.1) is 0 Å².